The molecule has 5 nitrogen and oxygen atoms in total. The number of hydrogen-bond donors (Lipinski definition) is 1. The molecule has 2 aromatic rings. The van der Waals surface area contributed by atoms with Crippen LogP contribution in [0.3, 0.4) is 0 Å². The Bertz CT molecular complexity index is 636. The van der Waals surface area contributed by atoms with Crippen LogP contribution in [0, 0.1) is 5.92 Å². The molecule has 1 fully saturated rings. The molecule has 2 amide bonds. The van der Waals surface area contributed by atoms with E-state index in [4.69, 9.17) is 4.42 Å². The first-order valence-corrected chi connectivity index (χ1v) is 8.15. The van der Waals surface area contributed by atoms with Crippen LogP contribution in [-0.2, 0) is 16.1 Å². The molecule has 22 heavy (non-hydrogen) atoms. The van der Waals surface area contributed by atoms with Gasteiger partial charge in [-0.3, -0.25) is 9.59 Å². The molecule has 2 aromatic heterocycles. The molecule has 0 aliphatic carbocycles. The summed E-state index contributed by atoms with van der Waals surface area (Å²) >= 11 is 1.61. The lowest BCUT2D eigenvalue weighted by molar-refractivity contribution is -0.129. The Kier molecular flexibility index (Phi) is 4.29. The predicted octanol–water partition coefficient (Wildman–Crippen LogP) is 2.57. The van der Waals surface area contributed by atoms with Gasteiger partial charge in [0.15, 0.2) is 0 Å². The minimum atomic E-state index is -0.287. The first-order valence-electron chi connectivity index (χ1n) is 7.27. The monoisotopic (exact) mass is 318 g/mol. The van der Waals surface area contributed by atoms with Crippen LogP contribution in [0.2, 0.25) is 0 Å². The fourth-order valence-corrected chi connectivity index (χ4v) is 3.37. The highest BCUT2D eigenvalue weighted by Gasteiger charge is 2.35. The second-order valence-corrected chi connectivity index (χ2v) is 6.48. The number of likely N-dealkylation sites (tertiary alicyclic amines) is 1. The van der Waals surface area contributed by atoms with Crippen LogP contribution in [0.5, 0.6) is 0 Å². The third-order valence-corrected chi connectivity index (χ3v) is 4.90. The molecule has 0 bridgehead atoms. The van der Waals surface area contributed by atoms with Crippen molar-refractivity contribution in [3.63, 3.8) is 0 Å². The van der Waals surface area contributed by atoms with Crippen molar-refractivity contribution in [2.75, 3.05) is 6.54 Å². The highest BCUT2D eigenvalue weighted by Crippen LogP contribution is 2.23. The Labute approximate surface area is 132 Å². The summed E-state index contributed by atoms with van der Waals surface area (Å²) in [5.74, 6) is 0.391. The van der Waals surface area contributed by atoms with Gasteiger partial charge in [0.25, 0.3) is 0 Å². The predicted molar refractivity (Wildman–Crippen MR) is 83.1 cm³/mol. The van der Waals surface area contributed by atoms with Gasteiger partial charge < -0.3 is 14.6 Å². The molecule has 1 N–H and O–H groups in total. The summed E-state index contributed by atoms with van der Waals surface area (Å²) in [6.07, 6.45) is 1.85. The Morgan fingerprint density at radius 3 is 3.05 bits per heavy atom. The first-order chi connectivity index (χ1) is 10.6. The van der Waals surface area contributed by atoms with E-state index in [2.05, 4.69) is 5.32 Å². The molecular formula is C16H18N2O3S. The van der Waals surface area contributed by atoms with Crippen molar-refractivity contribution in [2.24, 2.45) is 5.92 Å². The Hall–Kier alpha value is -2.08. The maximum atomic E-state index is 12.3. The zero-order valence-electron chi connectivity index (χ0n) is 12.3. The smallest absolute Gasteiger partial charge is 0.225 e. The SMILES string of the molecule is C[C@@H](NC(=O)[C@H]1CC(=O)N(Cc2ccco2)C1)c1cccs1. The maximum absolute atomic E-state index is 12.3. The first kappa shape index (κ1) is 14.8. The number of carbonyl (C=O) groups is 2. The third kappa shape index (κ3) is 3.22. The fourth-order valence-electron chi connectivity index (χ4n) is 2.63. The molecule has 0 unspecified atom stereocenters. The van der Waals surface area contributed by atoms with Crippen LogP contribution < -0.4 is 5.32 Å². The quantitative estimate of drug-likeness (QED) is 0.921. The highest BCUT2D eigenvalue weighted by molar-refractivity contribution is 7.10. The van der Waals surface area contributed by atoms with E-state index in [1.54, 1.807) is 28.6 Å². The molecule has 1 aliphatic heterocycles. The summed E-state index contributed by atoms with van der Waals surface area (Å²) in [4.78, 5) is 27.2. The van der Waals surface area contributed by atoms with Crippen LogP contribution in [0.25, 0.3) is 0 Å². The Balaban J connectivity index is 1.56. The van der Waals surface area contributed by atoms with Gasteiger partial charge in [0, 0.05) is 17.8 Å². The van der Waals surface area contributed by atoms with Crippen LogP contribution in [0.4, 0.5) is 0 Å². The summed E-state index contributed by atoms with van der Waals surface area (Å²) in [6.45, 7) is 2.83. The lowest BCUT2D eigenvalue weighted by Crippen LogP contribution is -2.34. The van der Waals surface area contributed by atoms with Crippen molar-refractivity contribution in [1.29, 1.82) is 0 Å². The van der Waals surface area contributed by atoms with E-state index in [0.29, 0.717) is 13.1 Å². The topological polar surface area (TPSA) is 62.6 Å². The van der Waals surface area contributed by atoms with E-state index < -0.39 is 0 Å². The molecule has 1 aliphatic rings. The molecule has 0 radical (unpaired) electrons. The maximum Gasteiger partial charge on any atom is 0.225 e. The Morgan fingerprint density at radius 2 is 2.36 bits per heavy atom. The van der Waals surface area contributed by atoms with Crippen molar-refractivity contribution in [1.82, 2.24) is 10.2 Å². The van der Waals surface area contributed by atoms with Crippen molar-refractivity contribution >= 4 is 23.2 Å². The molecular weight excluding hydrogens is 300 g/mol. The molecule has 0 saturated carbocycles. The van der Waals surface area contributed by atoms with Crippen LogP contribution >= 0.6 is 11.3 Å². The van der Waals surface area contributed by atoms with Gasteiger partial charge in [-0.2, -0.15) is 0 Å². The number of hydrogen-bond acceptors (Lipinski definition) is 4. The number of carbonyl (C=O) groups excluding carboxylic acids is 2. The number of rotatable bonds is 5. The van der Waals surface area contributed by atoms with Crippen molar-refractivity contribution in [2.45, 2.75) is 25.9 Å². The van der Waals surface area contributed by atoms with Gasteiger partial charge in [0.2, 0.25) is 11.8 Å². The number of furan rings is 1. The number of nitrogens with zero attached hydrogens (tertiary/aromatic N) is 1. The van der Waals surface area contributed by atoms with Gasteiger partial charge in [-0.25, -0.2) is 0 Å². The Morgan fingerprint density at radius 1 is 1.50 bits per heavy atom. The van der Waals surface area contributed by atoms with Gasteiger partial charge in [-0.15, -0.1) is 11.3 Å². The molecule has 116 valence electrons. The van der Waals surface area contributed by atoms with Crippen LogP contribution in [-0.4, -0.2) is 23.3 Å². The van der Waals surface area contributed by atoms with E-state index >= 15 is 0 Å². The second kappa shape index (κ2) is 6.36. The summed E-state index contributed by atoms with van der Waals surface area (Å²) < 4.78 is 5.26. The molecule has 3 heterocycles. The lowest BCUT2D eigenvalue weighted by Gasteiger charge is -2.17. The normalized spacial score (nSPS) is 19.4. The zero-order chi connectivity index (χ0) is 15.5. The zero-order valence-corrected chi connectivity index (χ0v) is 13.1. The number of amides is 2. The van der Waals surface area contributed by atoms with Crippen molar-refractivity contribution in [3.05, 3.63) is 46.5 Å². The van der Waals surface area contributed by atoms with Crippen molar-refractivity contribution in [3.8, 4) is 0 Å². The molecule has 1 saturated heterocycles. The molecule has 6 heteroatoms. The van der Waals surface area contributed by atoms with Gasteiger partial charge in [0.1, 0.15) is 5.76 Å². The van der Waals surface area contributed by atoms with E-state index in [-0.39, 0.29) is 30.2 Å². The summed E-state index contributed by atoms with van der Waals surface area (Å²) in [5, 5.41) is 4.98. The molecule has 3 rings (SSSR count). The summed E-state index contributed by atoms with van der Waals surface area (Å²) in [6, 6.07) is 7.56. The van der Waals surface area contributed by atoms with E-state index in [1.807, 2.05) is 30.5 Å². The third-order valence-electron chi connectivity index (χ3n) is 3.84. The van der Waals surface area contributed by atoms with Gasteiger partial charge in [-0.1, -0.05) is 6.07 Å². The second-order valence-electron chi connectivity index (χ2n) is 5.50. The van der Waals surface area contributed by atoms with Crippen LogP contribution in [0.15, 0.2) is 40.3 Å². The summed E-state index contributed by atoms with van der Waals surface area (Å²) in [5.41, 5.74) is 0. The molecule has 0 aromatic carbocycles. The lowest BCUT2D eigenvalue weighted by atomic mass is 10.1. The van der Waals surface area contributed by atoms with Crippen LogP contribution in [0.1, 0.15) is 30.0 Å². The molecule has 2 atom stereocenters. The van der Waals surface area contributed by atoms with E-state index in [9.17, 15) is 9.59 Å². The van der Waals surface area contributed by atoms with Gasteiger partial charge in [0.05, 0.1) is 24.8 Å². The van der Waals surface area contributed by atoms with Crippen molar-refractivity contribution < 1.29 is 14.0 Å². The van der Waals surface area contributed by atoms with E-state index in [1.165, 1.54) is 0 Å². The fraction of sp³-hybridized carbons (Fsp3) is 0.375. The summed E-state index contributed by atoms with van der Waals surface area (Å²) in [7, 11) is 0. The van der Waals surface area contributed by atoms with Gasteiger partial charge >= 0.3 is 0 Å². The highest BCUT2D eigenvalue weighted by atomic mass is 32.1. The number of nitrogens with one attached hydrogen (secondary N) is 1. The number of thiophene rings is 1. The largest absolute Gasteiger partial charge is 0.467 e. The minimum absolute atomic E-state index is 0.000302. The average molecular weight is 318 g/mol. The molecule has 0 spiro atoms. The average Bonchev–Trinajstić information content (AvgIpc) is 3.22. The van der Waals surface area contributed by atoms with Gasteiger partial charge in [-0.05, 0) is 30.5 Å². The van der Waals surface area contributed by atoms with E-state index in [0.717, 1.165) is 10.6 Å². The standard InChI is InChI=1S/C16H18N2O3S/c1-11(14-5-3-7-22-14)17-16(20)12-8-15(19)18(9-12)10-13-4-2-6-21-13/h2-7,11-12H,8-10H2,1H3,(H,17,20)/t11-,12+/m1/s1. The minimum Gasteiger partial charge on any atom is -0.467 e.